The molecule has 1 aromatic rings. The van der Waals surface area contributed by atoms with Crippen LogP contribution in [0, 0.1) is 5.82 Å². The smallest absolute Gasteiger partial charge is 0.240 e. The number of halogens is 3. The molecule has 5 heteroatoms. The lowest BCUT2D eigenvalue weighted by Gasteiger charge is -2.16. The van der Waals surface area contributed by atoms with Crippen LogP contribution >= 0.6 is 27.5 Å². The first-order chi connectivity index (χ1) is 7.09. The zero-order valence-electron chi connectivity index (χ0n) is 7.71. The first-order valence-electron chi connectivity index (χ1n) is 4.50. The average molecular weight is 293 g/mol. The normalized spacial score (nSPS) is 21.1. The molecule has 1 unspecified atom stereocenters. The fourth-order valence-corrected chi connectivity index (χ4v) is 2.20. The van der Waals surface area contributed by atoms with Crippen molar-refractivity contribution in [1.82, 2.24) is 0 Å². The van der Waals surface area contributed by atoms with Crippen molar-refractivity contribution in [3.05, 3.63) is 29.0 Å². The number of alkyl halides is 1. The molecule has 0 spiro atoms. The lowest BCUT2D eigenvalue weighted by molar-refractivity contribution is -0.116. The molecular formula is C10H8BrClFNO. The number of anilines is 1. The van der Waals surface area contributed by atoms with Gasteiger partial charge < -0.3 is 4.90 Å². The summed E-state index contributed by atoms with van der Waals surface area (Å²) in [5, 5.41) is 0.428. The van der Waals surface area contributed by atoms with Gasteiger partial charge >= 0.3 is 0 Å². The quantitative estimate of drug-likeness (QED) is 0.729. The van der Waals surface area contributed by atoms with Crippen molar-refractivity contribution < 1.29 is 9.18 Å². The average Bonchev–Trinajstić information content (AvgIpc) is 2.52. The Morgan fingerprint density at radius 2 is 2.27 bits per heavy atom. The summed E-state index contributed by atoms with van der Waals surface area (Å²) in [5.41, 5.74) is 0.259. The summed E-state index contributed by atoms with van der Waals surface area (Å²) in [6.07, 6.45) is 0.685. The van der Waals surface area contributed by atoms with Gasteiger partial charge in [0.05, 0.1) is 10.5 Å². The highest BCUT2D eigenvalue weighted by Gasteiger charge is 2.31. The second kappa shape index (κ2) is 4.10. The van der Waals surface area contributed by atoms with Crippen LogP contribution in [0.1, 0.15) is 6.42 Å². The second-order valence-corrected chi connectivity index (χ2v) is 4.88. The number of nitrogens with zero attached hydrogens (tertiary/aromatic N) is 1. The number of carbonyl (C=O) groups excluding carboxylic acids is 1. The van der Waals surface area contributed by atoms with Gasteiger partial charge in [-0.2, -0.15) is 0 Å². The fraction of sp³-hybridized carbons (Fsp3) is 0.300. The standard InChI is InChI=1S/C10H8BrClFNO/c11-7-3-4-14(10(7)15)9-5-6(12)1-2-8(9)13/h1-2,5,7H,3-4H2. The van der Waals surface area contributed by atoms with Crippen molar-refractivity contribution in [2.45, 2.75) is 11.2 Å². The predicted octanol–water partition coefficient (Wildman–Crippen LogP) is 2.98. The number of amides is 1. The van der Waals surface area contributed by atoms with Crippen molar-refractivity contribution in [2.75, 3.05) is 11.4 Å². The van der Waals surface area contributed by atoms with Gasteiger partial charge in [0.1, 0.15) is 5.82 Å². The van der Waals surface area contributed by atoms with Gasteiger partial charge in [0.2, 0.25) is 5.91 Å². The van der Waals surface area contributed by atoms with Gasteiger partial charge in [0.15, 0.2) is 0 Å². The zero-order valence-corrected chi connectivity index (χ0v) is 10.1. The van der Waals surface area contributed by atoms with Crippen LogP contribution in [0.3, 0.4) is 0 Å². The topological polar surface area (TPSA) is 20.3 Å². The van der Waals surface area contributed by atoms with Crippen LogP contribution < -0.4 is 4.90 Å². The molecule has 1 atom stereocenters. The van der Waals surface area contributed by atoms with Crippen LogP contribution in [0.5, 0.6) is 0 Å². The van der Waals surface area contributed by atoms with Gasteiger partial charge in [-0.1, -0.05) is 27.5 Å². The van der Waals surface area contributed by atoms with Crippen LogP contribution in [-0.2, 0) is 4.79 Å². The highest BCUT2D eigenvalue weighted by atomic mass is 79.9. The highest BCUT2D eigenvalue weighted by molar-refractivity contribution is 9.10. The molecule has 0 saturated carbocycles. The molecule has 1 aliphatic rings. The summed E-state index contributed by atoms with van der Waals surface area (Å²) >= 11 is 9.00. The van der Waals surface area contributed by atoms with Crippen molar-refractivity contribution in [3.8, 4) is 0 Å². The van der Waals surface area contributed by atoms with Gasteiger partial charge in [0.25, 0.3) is 0 Å². The Morgan fingerprint density at radius 1 is 1.53 bits per heavy atom. The van der Waals surface area contributed by atoms with E-state index in [2.05, 4.69) is 15.9 Å². The van der Waals surface area contributed by atoms with Gasteiger partial charge in [0, 0.05) is 11.6 Å². The summed E-state index contributed by atoms with van der Waals surface area (Å²) < 4.78 is 13.5. The Kier molecular flexibility index (Phi) is 2.98. The van der Waals surface area contributed by atoms with Gasteiger partial charge in [-0.05, 0) is 24.6 Å². The van der Waals surface area contributed by atoms with E-state index in [1.165, 1.54) is 23.1 Å². The predicted molar refractivity (Wildman–Crippen MR) is 61.1 cm³/mol. The Morgan fingerprint density at radius 3 is 2.87 bits per heavy atom. The number of benzene rings is 1. The van der Waals surface area contributed by atoms with E-state index in [0.29, 0.717) is 18.0 Å². The van der Waals surface area contributed by atoms with Crippen LogP contribution in [-0.4, -0.2) is 17.3 Å². The molecule has 2 rings (SSSR count). The Labute approximate surface area is 100 Å². The third kappa shape index (κ3) is 2.01. The van der Waals surface area contributed by atoms with E-state index < -0.39 is 5.82 Å². The number of hydrogen-bond acceptors (Lipinski definition) is 1. The number of rotatable bonds is 1. The molecule has 1 saturated heterocycles. The molecular weight excluding hydrogens is 284 g/mol. The molecule has 1 amide bonds. The van der Waals surface area contributed by atoms with Gasteiger partial charge in [-0.15, -0.1) is 0 Å². The lowest BCUT2D eigenvalue weighted by atomic mass is 10.3. The molecule has 80 valence electrons. The Balaban J connectivity index is 2.37. The van der Waals surface area contributed by atoms with Crippen LogP contribution in [0.4, 0.5) is 10.1 Å². The third-order valence-corrected chi connectivity index (χ3v) is 3.42. The van der Waals surface area contributed by atoms with Crippen molar-refractivity contribution in [1.29, 1.82) is 0 Å². The SMILES string of the molecule is O=C1C(Br)CCN1c1cc(Cl)ccc1F. The molecule has 15 heavy (non-hydrogen) atoms. The van der Waals surface area contributed by atoms with Crippen molar-refractivity contribution in [3.63, 3.8) is 0 Å². The van der Waals surface area contributed by atoms with Crippen LogP contribution in [0.2, 0.25) is 5.02 Å². The maximum atomic E-state index is 13.5. The van der Waals surface area contributed by atoms with Crippen molar-refractivity contribution in [2.24, 2.45) is 0 Å². The summed E-state index contributed by atoms with van der Waals surface area (Å²) in [4.78, 5) is 12.8. The molecule has 1 fully saturated rings. The molecule has 0 N–H and O–H groups in total. The summed E-state index contributed by atoms with van der Waals surface area (Å²) in [6, 6.07) is 4.21. The summed E-state index contributed by atoms with van der Waals surface area (Å²) in [6.45, 7) is 0.520. The molecule has 1 heterocycles. The molecule has 1 aromatic carbocycles. The van der Waals surface area contributed by atoms with Gasteiger partial charge in [-0.25, -0.2) is 4.39 Å². The molecule has 0 aromatic heterocycles. The monoisotopic (exact) mass is 291 g/mol. The minimum absolute atomic E-state index is 0.115. The zero-order chi connectivity index (χ0) is 11.0. The maximum Gasteiger partial charge on any atom is 0.240 e. The molecule has 0 bridgehead atoms. The largest absolute Gasteiger partial charge is 0.309 e. The minimum Gasteiger partial charge on any atom is -0.309 e. The third-order valence-electron chi connectivity index (χ3n) is 2.34. The molecule has 0 radical (unpaired) electrons. The van der Waals surface area contributed by atoms with Crippen LogP contribution in [0.25, 0.3) is 0 Å². The number of hydrogen-bond donors (Lipinski definition) is 0. The Hall–Kier alpha value is -0.610. The van der Waals surface area contributed by atoms with Gasteiger partial charge in [-0.3, -0.25) is 4.79 Å². The summed E-state index contributed by atoms with van der Waals surface area (Å²) in [5.74, 6) is -0.537. The maximum absolute atomic E-state index is 13.5. The molecule has 2 nitrogen and oxygen atoms in total. The van der Waals surface area contributed by atoms with E-state index in [0.717, 1.165) is 0 Å². The van der Waals surface area contributed by atoms with E-state index in [1.807, 2.05) is 0 Å². The van der Waals surface area contributed by atoms with E-state index in [1.54, 1.807) is 0 Å². The van der Waals surface area contributed by atoms with E-state index in [9.17, 15) is 9.18 Å². The summed E-state index contributed by atoms with van der Waals surface area (Å²) in [7, 11) is 0. The lowest BCUT2D eigenvalue weighted by Crippen LogP contribution is -2.27. The highest BCUT2D eigenvalue weighted by Crippen LogP contribution is 2.29. The first-order valence-corrected chi connectivity index (χ1v) is 5.79. The minimum atomic E-state index is -0.422. The van der Waals surface area contributed by atoms with E-state index >= 15 is 0 Å². The second-order valence-electron chi connectivity index (χ2n) is 3.34. The Bertz CT molecular complexity index is 412. The molecule has 1 aliphatic heterocycles. The fourth-order valence-electron chi connectivity index (χ4n) is 1.58. The van der Waals surface area contributed by atoms with E-state index in [4.69, 9.17) is 11.6 Å². The van der Waals surface area contributed by atoms with Crippen molar-refractivity contribution >= 4 is 39.1 Å². The number of carbonyl (C=O) groups is 1. The van der Waals surface area contributed by atoms with Crippen LogP contribution in [0.15, 0.2) is 18.2 Å². The van der Waals surface area contributed by atoms with E-state index in [-0.39, 0.29) is 16.4 Å². The first kappa shape index (κ1) is 10.9. The molecule has 0 aliphatic carbocycles.